The molecule has 2 aliphatic rings. The predicted octanol–water partition coefficient (Wildman–Crippen LogP) is 4.05. The van der Waals surface area contributed by atoms with Gasteiger partial charge in [-0.05, 0) is 64.9 Å². The maximum Gasteiger partial charge on any atom is 0.225 e. The molecule has 0 aliphatic heterocycles. The van der Waals surface area contributed by atoms with Crippen molar-refractivity contribution < 1.29 is 15.3 Å². The molecule has 0 radical (unpaired) electrons. The molecule has 5 N–H and O–H groups in total. The summed E-state index contributed by atoms with van der Waals surface area (Å²) < 4.78 is 1.03. The van der Waals surface area contributed by atoms with Gasteiger partial charge in [0.1, 0.15) is 22.4 Å². The maximum absolute atomic E-state index is 11.1. The summed E-state index contributed by atoms with van der Waals surface area (Å²) in [6, 6.07) is 1.74. The first-order valence-corrected chi connectivity index (χ1v) is 14.2. The van der Waals surface area contributed by atoms with Crippen LogP contribution < -0.4 is 10.6 Å². The molecular formula is C27H38N6O3S. The topological polar surface area (TPSA) is 136 Å². The standard InChI is InChI=1S/C27H38N6O3S/c1-6-27(36,7-2)17-12-18(23(35)22(17)34)31-24-20(25-32-21-15(5)28-11-10-19(21)37-25)14(4)30-26(33-24)29-13(3)16-8-9-16/h10-11,13,16-18,22-23,34-36H,6-9,12H2,1-5H3,(H2,29,30,31,33)/t13-,17+,18-,22-,23+/m1/s1. The number of nitrogens with zero attached hydrogens (tertiary/aromatic N) is 4. The molecule has 0 aromatic carbocycles. The third-order valence-corrected chi connectivity index (χ3v) is 9.44. The van der Waals surface area contributed by atoms with E-state index in [9.17, 15) is 15.3 Å². The Morgan fingerprint density at radius 1 is 1.08 bits per heavy atom. The van der Waals surface area contributed by atoms with Crippen molar-refractivity contribution in [3.8, 4) is 10.6 Å². The van der Waals surface area contributed by atoms with Crippen molar-refractivity contribution in [1.82, 2.24) is 19.9 Å². The number of aromatic nitrogens is 4. The summed E-state index contributed by atoms with van der Waals surface area (Å²) in [6.07, 6.45) is 3.57. The van der Waals surface area contributed by atoms with Crippen LogP contribution in [-0.4, -0.2) is 65.1 Å². The number of thiazole rings is 1. The molecule has 3 heterocycles. The summed E-state index contributed by atoms with van der Waals surface area (Å²) >= 11 is 1.56. The Kier molecular flexibility index (Phi) is 7.12. The second kappa shape index (κ2) is 10.1. The van der Waals surface area contributed by atoms with Crippen LogP contribution in [0, 0.1) is 25.7 Å². The van der Waals surface area contributed by atoms with Crippen LogP contribution in [0.3, 0.4) is 0 Å². The first-order valence-electron chi connectivity index (χ1n) is 13.4. The maximum atomic E-state index is 11.1. The molecule has 3 aromatic rings. The van der Waals surface area contributed by atoms with Crippen molar-refractivity contribution in [1.29, 1.82) is 0 Å². The molecule has 0 bridgehead atoms. The van der Waals surface area contributed by atoms with Crippen LogP contribution in [0.25, 0.3) is 20.8 Å². The van der Waals surface area contributed by atoms with Gasteiger partial charge < -0.3 is 26.0 Å². The number of aryl methyl sites for hydroxylation is 2. The van der Waals surface area contributed by atoms with E-state index in [0.29, 0.717) is 36.9 Å². The van der Waals surface area contributed by atoms with Gasteiger partial charge in [-0.3, -0.25) is 4.98 Å². The molecule has 37 heavy (non-hydrogen) atoms. The third-order valence-electron chi connectivity index (χ3n) is 8.40. The van der Waals surface area contributed by atoms with E-state index in [2.05, 4.69) is 22.5 Å². The Bertz CT molecular complexity index is 1270. The van der Waals surface area contributed by atoms with Crippen LogP contribution in [0.5, 0.6) is 0 Å². The van der Waals surface area contributed by atoms with Gasteiger partial charge in [0.05, 0.1) is 39.4 Å². The number of rotatable bonds is 9. The summed E-state index contributed by atoms with van der Waals surface area (Å²) in [7, 11) is 0. The van der Waals surface area contributed by atoms with E-state index >= 15 is 0 Å². The number of hydrogen-bond donors (Lipinski definition) is 5. The fourth-order valence-corrected chi connectivity index (χ4v) is 6.78. The summed E-state index contributed by atoms with van der Waals surface area (Å²) in [5.74, 6) is 1.29. The van der Waals surface area contributed by atoms with E-state index in [-0.39, 0.29) is 6.04 Å². The molecule has 10 heteroatoms. The molecule has 3 aromatic heterocycles. The van der Waals surface area contributed by atoms with Gasteiger partial charge in [-0.15, -0.1) is 11.3 Å². The van der Waals surface area contributed by atoms with Gasteiger partial charge in [-0.1, -0.05) is 13.8 Å². The summed E-state index contributed by atoms with van der Waals surface area (Å²) in [6.45, 7) is 9.87. The number of fused-ring (bicyclic) bond motifs is 1. The second-order valence-corrected chi connectivity index (χ2v) is 11.8. The quantitative estimate of drug-likeness (QED) is 0.280. The van der Waals surface area contributed by atoms with E-state index in [1.54, 1.807) is 17.5 Å². The Hall–Kier alpha value is -2.40. The fourth-order valence-electron chi connectivity index (χ4n) is 5.66. The van der Waals surface area contributed by atoms with Crippen LogP contribution >= 0.6 is 11.3 Å². The number of hydrogen-bond acceptors (Lipinski definition) is 10. The highest BCUT2D eigenvalue weighted by Gasteiger charge is 2.50. The Balaban J connectivity index is 1.53. The molecule has 0 spiro atoms. The van der Waals surface area contributed by atoms with Gasteiger partial charge in [-0.2, -0.15) is 4.98 Å². The SMILES string of the molecule is CCC(O)(CC)[C@H]1C[C@@H](Nc2nc(N[C@H](C)C3CC3)nc(C)c2-c2nc3c(C)nccc3s2)[C@H](O)[C@@H]1O. The summed E-state index contributed by atoms with van der Waals surface area (Å²) in [5, 5.41) is 40.7. The zero-order valence-corrected chi connectivity index (χ0v) is 23.0. The van der Waals surface area contributed by atoms with E-state index in [0.717, 1.165) is 32.2 Å². The molecule has 0 amide bonds. The Morgan fingerprint density at radius 2 is 1.81 bits per heavy atom. The summed E-state index contributed by atoms with van der Waals surface area (Å²) in [4.78, 5) is 18.9. The van der Waals surface area contributed by atoms with Gasteiger partial charge in [-0.25, -0.2) is 9.97 Å². The molecule has 200 valence electrons. The van der Waals surface area contributed by atoms with Crippen LogP contribution in [-0.2, 0) is 0 Å². The lowest BCUT2D eigenvalue weighted by Crippen LogP contribution is -2.43. The van der Waals surface area contributed by atoms with Crippen molar-refractivity contribution in [2.24, 2.45) is 11.8 Å². The average molecular weight is 527 g/mol. The van der Waals surface area contributed by atoms with Gasteiger partial charge in [0.2, 0.25) is 5.95 Å². The second-order valence-electron chi connectivity index (χ2n) is 10.8. The highest BCUT2D eigenvalue weighted by atomic mass is 32.1. The van der Waals surface area contributed by atoms with Crippen LogP contribution in [0.15, 0.2) is 12.3 Å². The van der Waals surface area contributed by atoms with Crippen LogP contribution in [0.4, 0.5) is 11.8 Å². The molecule has 9 nitrogen and oxygen atoms in total. The zero-order valence-electron chi connectivity index (χ0n) is 22.2. The van der Waals surface area contributed by atoms with Crippen molar-refractivity contribution in [2.75, 3.05) is 10.6 Å². The number of pyridine rings is 1. The minimum Gasteiger partial charge on any atom is -0.390 e. The lowest BCUT2D eigenvalue weighted by molar-refractivity contribution is -0.0843. The number of aliphatic hydroxyl groups is 3. The first kappa shape index (κ1) is 26.2. The minimum absolute atomic E-state index is 0.265. The van der Waals surface area contributed by atoms with Gasteiger partial charge in [0.25, 0.3) is 0 Å². The lowest BCUT2D eigenvalue weighted by Gasteiger charge is -2.34. The minimum atomic E-state index is -1.04. The normalized spacial score (nSPS) is 25.0. The highest BCUT2D eigenvalue weighted by molar-refractivity contribution is 7.21. The molecule has 2 aliphatic carbocycles. The average Bonchev–Trinajstić information content (AvgIpc) is 3.58. The van der Waals surface area contributed by atoms with Crippen LogP contribution in [0.2, 0.25) is 0 Å². The van der Waals surface area contributed by atoms with Crippen LogP contribution in [0.1, 0.15) is 64.3 Å². The fraction of sp³-hybridized carbons (Fsp3) is 0.630. The highest BCUT2D eigenvalue weighted by Crippen LogP contribution is 2.42. The molecule has 2 fully saturated rings. The lowest BCUT2D eigenvalue weighted by atomic mass is 9.80. The zero-order chi connectivity index (χ0) is 26.5. The van der Waals surface area contributed by atoms with Crippen molar-refractivity contribution in [2.45, 2.75) is 96.6 Å². The molecular weight excluding hydrogens is 488 g/mol. The van der Waals surface area contributed by atoms with Gasteiger partial charge in [0, 0.05) is 18.2 Å². The Labute approximate surface area is 221 Å². The van der Waals surface area contributed by atoms with E-state index in [1.165, 1.54) is 12.8 Å². The van der Waals surface area contributed by atoms with E-state index in [4.69, 9.17) is 15.0 Å². The molecule has 0 saturated heterocycles. The molecule has 5 rings (SSSR count). The van der Waals surface area contributed by atoms with Crippen molar-refractivity contribution in [3.63, 3.8) is 0 Å². The first-order chi connectivity index (χ1) is 17.6. The van der Waals surface area contributed by atoms with Gasteiger partial charge >= 0.3 is 0 Å². The Morgan fingerprint density at radius 3 is 2.46 bits per heavy atom. The van der Waals surface area contributed by atoms with E-state index < -0.39 is 29.8 Å². The van der Waals surface area contributed by atoms with Crippen molar-refractivity contribution in [3.05, 3.63) is 23.7 Å². The molecule has 0 unspecified atom stereocenters. The smallest absolute Gasteiger partial charge is 0.225 e. The predicted molar refractivity (Wildman–Crippen MR) is 147 cm³/mol. The largest absolute Gasteiger partial charge is 0.390 e. The molecule has 5 atom stereocenters. The monoisotopic (exact) mass is 526 g/mol. The number of anilines is 2. The van der Waals surface area contributed by atoms with E-state index in [1.807, 2.05) is 33.8 Å². The van der Waals surface area contributed by atoms with Gasteiger partial charge in [0.15, 0.2) is 0 Å². The molecule has 2 saturated carbocycles. The van der Waals surface area contributed by atoms with Crippen molar-refractivity contribution >= 4 is 33.3 Å². The third kappa shape index (κ3) is 4.92. The number of nitrogens with one attached hydrogen (secondary N) is 2. The summed E-state index contributed by atoms with van der Waals surface area (Å²) in [5.41, 5.74) is 2.23. The number of aliphatic hydroxyl groups excluding tert-OH is 2.